The molecule has 1 fully saturated rings. The second kappa shape index (κ2) is 11.4. The highest BCUT2D eigenvalue weighted by Gasteiger charge is 2.38. The monoisotopic (exact) mass is 509 g/mol. The van der Waals surface area contributed by atoms with Crippen LogP contribution in [0.3, 0.4) is 0 Å². The average Bonchev–Trinajstić information content (AvgIpc) is 3.60. The summed E-state index contributed by atoms with van der Waals surface area (Å²) < 4.78 is 5.75. The number of benzene rings is 3. The number of hydrogen-bond donors (Lipinski definition) is 0. The first-order valence-corrected chi connectivity index (χ1v) is 12.6. The fraction of sp³-hybridized carbons (Fsp3) is 0.267. The molecule has 3 aromatic carbocycles. The Morgan fingerprint density at radius 3 is 2.34 bits per heavy atom. The zero-order valence-corrected chi connectivity index (χ0v) is 21.8. The van der Waals surface area contributed by atoms with Crippen molar-refractivity contribution in [3.05, 3.63) is 108 Å². The molecule has 0 spiro atoms. The van der Waals surface area contributed by atoms with E-state index in [1.165, 1.54) is 12.7 Å². The van der Waals surface area contributed by atoms with Gasteiger partial charge in [0.15, 0.2) is 5.82 Å². The number of nitrogens with zero attached hydrogens (tertiary/aromatic N) is 5. The molecule has 1 saturated heterocycles. The number of hydrogen-bond acceptors (Lipinski definition) is 7. The van der Waals surface area contributed by atoms with Crippen LogP contribution in [0.2, 0.25) is 0 Å². The summed E-state index contributed by atoms with van der Waals surface area (Å²) in [4.78, 5) is 27.3. The van der Waals surface area contributed by atoms with E-state index in [1.54, 1.807) is 4.90 Å². The number of rotatable bonds is 8. The molecule has 1 aromatic heterocycles. The minimum atomic E-state index is -0.401. The summed E-state index contributed by atoms with van der Waals surface area (Å²) in [7, 11) is 5.49. The van der Waals surface area contributed by atoms with Crippen LogP contribution in [0, 0.1) is 0 Å². The van der Waals surface area contributed by atoms with Crippen molar-refractivity contribution in [1.29, 1.82) is 0 Å². The van der Waals surface area contributed by atoms with E-state index in [2.05, 4.69) is 27.3 Å². The SMILES string of the molecule is CON=C1C[C@@H](c2noc([C@@H](Cc3ccccc3)N(C)C)n2)N(C(=O)c2ccc(-c3ccccc3)cc2)C1. The number of carbonyl (C=O) groups excluding carboxylic acids is 1. The van der Waals surface area contributed by atoms with E-state index in [9.17, 15) is 4.79 Å². The molecule has 0 N–H and O–H groups in total. The number of aromatic nitrogens is 2. The van der Waals surface area contributed by atoms with Gasteiger partial charge in [-0.3, -0.25) is 9.69 Å². The minimum absolute atomic E-state index is 0.0955. The normalized spacial score (nSPS) is 17.2. The summed E-state index contributed by atoms with van der Waals surface area (Å²) in [6.07, 6.45) is 1.21. The van der Waals surface area contributed by atoms with Crippen molar-refractivity contribution >= 4 is 11.6 Å². The van der Waals surface area contributed by atoms with Gasteiger partial charge in [-0.2, -0.15) is 4.98 Å². The molecule has 1 amide bonds. The highest BCUT2D eigenvalue weighted by atomic mass is 16.6. The van der Waals surface area contributed by atoms with Crippen molar-refractivity contribution in [1.82, 2.24) is 19.9 Å². The summed E-state index contributed by atoms with van der Waals surface area (Å²) in [6, 6.07) is 27.4. The minimum Gasteiger partial charge on any atom is -0.399 e. The maximum absolute atomic E-state index is 13.7. The molecule has 1 aliphatic rings. The Balaban J connectivity index is 1.39. The third-order valence-electron chi connectivity index (χ3n) is 6.81. The van der Waals surface area contributed by atoms with Crippen LogP contribution in [0.25, 0.3) is 11.1 Å². The number of likely N-dealkylation sites (tertiary alicyclic amines) is 1. The van der Waals surface area contributed by atoms with Crippen molar-refractivity contribution in [2.24, 2.45) is 5.16 Å². The van der Waals surface area contributed by atoms with Crippen molar-refractivity contribution in [2.75, 3.05) is 27.7 Å². The Labute approximate surface area is 222 Å². The standard InChI is InChI=1S/C30H31N5O3/c1-34(2)27(18-21-10-6-4-7-11-21)29-31-28(33-38-29)26-19-25(32-37-3)20-35(26)30(36)24-16-14-23(15-17-24)22-12-8-5-9-13-22/h4-17,26-27H,18-20H2,1-3H3/t26-,27+/m0/s1. The van der Waals surface area contributed by atoms with Crippen LogP contribution in [0.1, 0.15) is 46.1 Å². The Kier molecular flexibility index (Phi) is 7.60. The molecule has 0 unspecified atom stereocenters. The molecule has 0 saturated carbocycles. The van der Waals surface area contributed by atoms with Gasteiger partial charge in [-0.25, -0.2) is 0 Å². The van der Waals surface area contributed by atoms with Gasteiger partial charge in [-0.15, -0.1) is 0 Å². The zero-order valence-electron chi connectivity index (χ0n) is 21.8. The fourth-order valence-electron chi connectivity index (χ4n) is 4.79. The van der Waals surface area contributed by atoms with Crippen LogP contribution in [0.15, 0.2) is 94.6 Å². The molecule has 1 aliphatic heterocycles. The molecule has 2 atom stereocenters. The number of carbonyl (C=O) groups is 1. The Morgan fingerprint density at radius 1 is 1.03 bits per heavy atom. The van der Waals surface area contributed by atoms with Gasteiger partial charge >= 0.3 is 0 Å². The number of oxime groups is 1. The maximum Gasteiger partial charge on any atom is 0.254 e. The molecule has 8 heteroatoms. The van der Waals surface area contributed by atoms with Crippen LogP contribution in [-0.4, -0.2) is 59.3 Å². The highest BCUT2D eigenvalue weighted by Crippen LogP contribution is 2.32. The summed E-state index contributed by atoms with van der Waals surface area (Å²) in [5, 5.41) is 8.45. The van der Waals surface area contributed by atoms with Gasteiger partial charge in [-0.05, 0) is 49.3 Å². The Hall–Kier alpha value is -4.30. The van der Waals surface area contributed by atoms with Gasteiger partial charge in [0.1, 0.15) is 13.2 Å². The molecule has 8 nitrogen and oxygen atoms in total. The second-order valence-electron chi connectivity index (χ2n) is 9.60. The topological polar surface area (TPSA) is 84.1 Å². The lowest BCUT2D eigenvalue weighted by molar-refractivity contribution is 0.0732. The molecule has 0 aliphatic carbocycles. The van der Waals surface area contributed by atoms with Crippen LogP contribution >= 0.6 is 0 Å². The van der Waals surface area contributed by atoms with Gasteiger partial charge in [0.25, 0.3) is 5.91 Å². The van der Waals surface area contributed by atoms with Gasteiger partial charge < -0.3 is 14.3 Å². The molecule has 5 rings (SSSR count). The zero-order chi connectivity index (χ0) is 26.5. The van der Waals surface area contributed by atoms with Crippen molar-refractivity contribution in [3.8, 4) is 11.1 Å². The Bertz CT molecular complexity index is 1380. The largest absolute Gasteiger partial charge is 0.399 e. The van der Waals surface area contributed by atoms with Gasteiger partial charge in [0.2, 0.25) is 5.89 Å². The van der Waals surface area contributed by atoms with E-state index in [-0.39, 0.29) is 11.9 Å². The third-order valence-corrected chi connectivity index (χ3v) is 6.81. The summed E-state index contributed by atoms with van der Waals surface area (Å²) in [5.41, 5.74) is 4.68. The van der Waals surface area contributed by atoms with E-state index in [1.807, 2.05) is 86.9 Å². The number of likely N-dealkylation sites (N-methyl/N-ethyl adjacent to an activating group) is 1. The van der Waals surface area contributed by atoms with Crippen LogP contribution < -0.4 is 0 Å². The predicted octanol–water partition coefficient (Wildman–Crippen LogP) is 5.17. The highest BCUT2D eigenvalue weighted by molar-refractivity contribution is 6.00. The predicted molar refractivity (Wildman–Crippen MR) is 146 cm³/mol. The van der Waals surface area contributed by atoms with E-state index in [4.69, 9.17) is 14.3 Å². The van der Waals surface area contributed by atoms with E-state index >= 15 is 0 Å². The van der Waals surface area contributed by atoms with Gasteiger partial charge in [0.05, 0.1) is 18.3 Å². The molecule has 38 heavy (non-hydrogen) atoms. The van der Waals surface area contributed by atoms with Gasteiger partial charge in [-0.1, -0.05) is 83.1 Å². The first kappa shape index (κ1) is 25.4. The number of amides is 1. The smallest absolute Gasteiger partial charge is 0.254 e. The summed E-state index contributed by atoms with van der Waals surface area (Å²) in [6.45, 7) is 0.336. The lowest BCUT2D eigenvalue weighted by Crippen LogP contribution is -2.32. The first-order valence-electron chi connectivity index (χ1n) is 12.6. The third kappa shape index (κ3) is 5.50. The lowest BCUT2D eigenvalue weighted by atomic mass is 10.0. The molecule has 0 radical (unpaired) electrons. The lowest BCUT2D eigenvalue weighted by Gasteiger charge is -2.22. The summed E-state index contributed by atoms with van der Waals surface area (Å²) >= 11 is 0. The van der Waals surface area contributed by atoms with Crippen molar-refractivity contribution in [2.45, 2.75) is 24.9 Å². The molecule has 4 aromatic rings. The fourth-order valence-corrected chi connectivity index (χ4v) is 4.79. The molecule has 0 bridgehead atoms. The van der Waals surface area contributed by atoms with Crippen LogP contribution in [-0.2, 0) is 11.3 Å². The average molecular weight is 510 g/mol. The van der Waals surface area contributed by atoms with E-state index in [0.29, 0.717) is 30.2 Å². The maximum atomic E-state index is 13.7. The van der Waals surface area contributed by atoms with Gasteiger partial charge in [0, 0.05) is 12.0 Å². The first-order chi connectivity index (χ1) is 18.5. The second-order valence-corrected chi connectivity index (χ2v) is 9.60. The molecular weight excluding hydrogens is 478 g/mol. The van der Waals surface area contributed by atoms with Crippen LogP contribution in [0.4, 0.5) is 0 Å². The molecular formula is C30H31N5O3. The van der Waals surface area contributed by atoms with Crippen molar-refractivity contribution in [3.63, 3.8) is 0 Å². The van der Waals surface area contributed by atoms with Crippen LogP contribution in [0.5, 0.6) is 0 Å². The molecule has 2 heterocycles. The quantitative estimate of drug-likeness (QED) is 0.305. The Morgan fingerprint density at radius 2 is 1.68 bits per heavy atom. The molecule has 194 valence electrons. The van der Waals surface area contributed by atoms with E-state index < -0.39 is 6.04 Å². The van der Waals surface area contributed by atoms with E-state index in [0.717, 1.165) is 23.3 Å². The van der Waals surface area contributed by atoms with Crippen molar-refractivity contribution < 1.29 is 14.2 Å². The summed E-state index contributed by atoms with van der Waals surface area (Å²) in [5.74, 6) is 0.872.